The van der Waals surface area contributed by atoms with Crippen LogP contribution in [0.3, 0.4) is 0 Å². The highest BCUT2D eigenvalue weighted by Crippen LogP contribution is 2.23. The minimum atomic E-state index is -3.30. The lowest BCUT2D eigenvalue weighted by Crippen LogP contribution is -2.58. The topological polar surface area (TPSA) is 66.6 Å². The molecule has 0 aromatic heterocycles. The van der Waals surface area contributed by atoms with Crippen LogP contribution in [-0.4, -0.2) is 49.8 Å². The second-order valence-electron chi connectivity index (χ2n) is 6.07. The van der Waals surface area contributed by atoms with Crippen LogP contribution >= 0.6 is 0 Å². The Bertz CT molecular complexity index is 584. The zero-order valence-electron chi connectivity index (χ0n) is 12.3. The first-order valence-corrected chi connectivity index (χ1v) is 8.35. The normalized spacial score (nSPS) is 20.9. The molecule has 0 unspecified atom stereocenters. The van der Waals surface area contributed by atoms with Crippen molar-refractivity contribution in [2.24, 2.45) is 0 Å². The van der Waals surface area contributed by atoms with E-state index in [0.29, 0.717) is 18.8 Å². The average Bonchev–Trinajstić information content (AvgIpc) is 2.32. The molecule has 1 saturated heterocycles. The van der Waals surface area contributed by atoms with Crippen molar-refractivity contribution in [3.05, 3.63) is 29.8 Å². The van der Waals surface area contributed by atoms with Gasteiger partial charge in [0.05, 0.1) is 5.75 Å². The minimum absolute atomic E-state index is 0.0117. The van der Waals surface area contributed by atoms with Gasteiger partial charge >= 0.3 is 0 Å². The summed E-state index contributed by atoms with van der Waals surface area (Å²) < 4.78 is 26.6. The maximum absolute atomic E-state index is 12.5. The maximum atomic E-state index is 12.5. The Morgan fingerprint density at radius 3 is 2.60 bits per heavy atom. The van der Waals surface area contributed by atoms with Gasteiger partial charge in [0.2, 0.25) is 10.0 Å². The average molecular weight is 297 g/mol. The molecule has 0 aliphatic carbocycles. The third kappa shape index (κ3) is 3.31. The third-order valence-electron chi connectivity index (χ3n) is 3.97. The molecule has 2 N–H and O–H groups in total. The molecule has 1 aliphatic heterocycles. The molecular weight excluding hydrogens is 274 g/mol. The fraction of sp³-hybridized carbons (Fsp3) is 0.571. The van der Waals surface area contributed by atoms with Crippen molar-refractivity contribution in [1.82, 2.24) is 9.21 Å². The highest BCUT2D eigenvalue weighted by Gasteiger charge is 2.36. The van der Waals surface area contributed by atoms with E-state index in [0.717, 1.165) is 12.1 Å². The fourth-order valence-corrected chi connectivity index (χ4v) is 4.07. The zero-order chi connectivity index (χ0) is 15.0. The lowest BCUT2D eigenvalue weighted by molar-refractivity contribution is 0.0801. The molecule has 1 fully saturated rings. The minimum Gasteiger partial charge on any atom is -0.399 e. The summed E-state index contributed by atoms with van der Waals surface area (Å²) in [5.74, 6) is 0.0117. The molecule has 6 heteroatoms. The van der Waals surface area contributed by atoms with E-state index in [-0.39, 0.29) is 11.3 Å². The van der Waals surface area contributed by atoms with Gasteiger partial charge < -0.3 is 5.73 Å². The van der Waals surface area contributed by atoms with Gasteiger partial charge in [0.25, 0.3) is 0 Å². The second-order valence-corrected chi connectivity index (χ2v) is 8.04. The SMILES string of the molecule is CN1CCN(S(=O)(=O)Cc2cccc(N)c2)CC1(C)C. The van der Waals surface area contributed by atoms with E-state index in [1.54, 1.807) is 28.6 Å². The summed E-state index contributed by atoms with van der Waals surface area (Å²) in [6.07, 6.45) is 0. The van der Waals surface area contributed by atoms with Crippen LogP contribution in [0.25, 0.3) is 0 Å². The molecule has 0 atom stereocenters. The summed E-state index contributed by atoms with van der Waals surface area (Å²) in [4.78, 5) is 2.19. The number of nitrogen functional groups attached to an aromatic ring is 1. The number of nitrogens with two attached hydrogens (primary N) is 1. The van der Waals surface area contributed by atoms with Crippen molar-refractivity contribution in [2.45, 2.75) is 25.1 Å². The number of hydrogen-bond acceptors (Lipinski definition) is 4. The molecule has 0 radical (unpaired) electrons. The van der Waals surface area contributed by atoms with E-state index < -0.39 is 10.0 Å². The van der Waals surface area contributed by atoms with Crippen LogP contribution in [0.2, 0.25) is 0 Å². The monoisotopic (exact) mass is 297 g/mol. The van der Waals surface area contributed by atoms with E-state index >= 15 is 0 Å². The quantitative estimate of drug-likeness (QED) is 0.849. The number of piperazine rings is 1. The summed E-state index contributed by atoms with van der Waals surface area (Å²) in [6.45, 7) is 5.95. The van der Waals surface area contributed by atoms with E-state index in [4.69, 9.17) is 5.73 Å². The molecule has 0 amide bonds. The second kappa shape index (κ2) is 5.35. The molecule has 0 saturated carbocycles. The lowest BCUT2D eigenvalue weighted by atomic mass is 10.0. The Hall–Kier alpha value is -1.11. The molecule has 20 heavy (non-hydrogen) atoms. The molecule has 1 aromatic rings. The van der Waals surface area contributed by atoms with E-state index in [1.165, 1.54) is 0 Å². The van der Waals surface area contributed by atoms with Crippen molar-refractivity contribution in [3.8, 4) is 0 Å². The highest BCUT2D eigenvalue weighted by atomic mass is 32.2. The van der Waals surface area contributed by atoms with Gasteiger partial charge in [0.15, 0.2) is 0 Å². The van der Waals surface area contributed by atoms with Crippen LogP contribution < -0.4 is 5.73 Å². The number of anilines is 1. The van der Waals surface area contributed by atoms with Gasteiger partial charge in [-0.2, -0.15) is 4.31 Å². The molecule has 5 nitrogen and oxygen atoms in total. The first-order valence-electron chi connectivity index (χ1n) is 6.74. The smallest absolute Gasteiger partial charge is 0.218 e. The summed E-state index contributed by atoms with van der Waals surface area (Å²) in [6, 6.07) is 7.07. The number of nitrogens with zero attached hydrogens (tertiary/aromatic N) is 2. The van der Waals surface area contributed by atoms with Gasteiger partial charge in [-0.05, 0) is 38.6 Å². The zero-order valence-corrected chi connectivity index (χ0v) is 13.2. The van der Waals surface area contributed by atoms with Crippen LogP contribution in [-0.2, 0) is 15.8 Å². The van der Waals surface area contributed by atoms with Gasteiger partial charge in [-0.3, -0.25) is 4.90 Å². The van der Waals surface area contributed by atoms with Gasteiger partial charge in [-0.15, -0.1) is 0 Å². The van der Waals surface area contributed by atoms with Crippen molar-refractivity contribution >= 4 is 15.7 Å². The van der Waals surface area contributed by atoms with Gasteiger partial charge in [0, 0.05) is 30.9 Å². The Labute approximate surface area is 121 Å². The number of rotatable bonds is 3. The summed E-state index contributed by atoms with van der Waals surface area (Å²) >= 11 is 0. The molecule has 1 heterocycles. The van der Waals surface area contributed by atoms with Crippen LogP contribution in [0.4, 0.5) is 5.69 Å². The molecule has 2 rings (SSSR count). The van der Waals surface area contributed by atoms with Gasteiger partial charge in [0.1, 0.15) is 0 Å². The summed E-state index contributed by atoms with van der Waals surface area (Å²) in [5.41, 5.74) is 6.90. The van der Waals surface area contributed by atoms with Crippen LogP contribution in [0.5, 0.6) is 0 Å². The van der Waals surface area contributed by atoms with E-state index in [9.17, 15) is 8.42 Å². The largest absolute Gasteiger partial charge is 0.399 e. The molecule has 1 aromatic carbocycles. The number of sulfonamides is 1. The molecule has 0 spiro atoms. The Balaban J connectivity index is 2.15. The lowest BCUT2D eigenvalue weighted by Gasteiger charge is -2.44. The van der Waals surface area contributed by atoms with Crippen molar-refractivity contribution in [1.29, 1.82) is 0 Å². The fourth-order valence-electron chi connectivity index (χ4n) is 2.42. The van der Waals surface area contributed by atoms with Crippen LogP contribution in [0.15, 0.2) is 24.3 Å². The van der Waals surface area contributed by atoms with E-state index in [1.807, 2.05) is 7.05 Å². The van der Waals surface area contributed by atoms with Gasteiger partial charge in [-0.25, -0.2) is 8.42 Å². The molecule has 112 valence electrons. The number of hydrogen-bond donors (Lipinski definition) is 1. The summed E-state index contributed by atoms with van der Waals surface area (Å²) in [7, 11) is -1.27. The maximum Gasteiger partial charge on any atom is 0.218 e. The number of benzene rings is 1. The Kier molecular flexibility index (Phi) is 4.09. The van der Waals surface area contributed by atoms with Crippen molar-refractivity contribution < 1.29 is 8.42 Å². The Morgan fingerprint density at radius 2 is 2.00 bits per heavy atom. The Morgan fingerprint density at radius 1 is 1.30 bits per heavy atom. The predicted octanol–water partition coefficient (Wildman–Crippen LogP) is 1.12. The first kappa shape index (κ1) is 15.3. The van der Waals surface area contributed by atoms with E-state index in [2.05, 4.69) is 18.7 Å². The van der Waals surface area contributed by atoms with Crippen molar-refractivity contribution in [2.75, 3.05) is 32.4 Å². The molecular formula is C14H23N3O2S. The standard InChI is InChI=1S/C14H23N3O2S/c1-14(2)11-17(8-7-16(14)3)20(18,19)10-12-5-4-6-13(15)9-12/h4-6,9H,7-8,10-11,15H2,1-3H3. The highest BCUT2D eigenvalue weighted by molar-refractivity contribution is 7.88. The van der Waals surface area contributed by atoms with Crippen molar-refractivity contribution in [3.63, 3.8) is 0 Å². The van der Waals surface area contributed by atoms with Gasteiger partial charge in [-0.1, -0.05) is 12.1 Å². The summed E-state index contributed by atoms with van der Waals surface area (Å²) in [5, 5.41) is 0. The van der Waals surface area contributed by atoms with Crippen LogP contribution in [0.1, 0.15) is 19.4 Å². The molecule has 1 aliphatic rings. The predicted molar refractivity (Wildman–Crippen MR) is 81.8 cm³/mol. The third-order valence-corrected chi connectivity index (χ3v) is 5.77. The molecule has 0 bridgehead atoms. The van der Waals surface area contributed by atoms with Crippen LogP contribution in [0, 0.1) is 0 Å². The number of likely N-dealkylation sites (N-methyl/N-ethyl adjacent to an activating group) is 1. The first-order chi connectivity index (χ1) is 9.21.